The molecule has 2 aromatic rings. The first-order valence-corrected chi connectivity index (χ1v) is 9.89. The maximum atomic E-state index is 13.2. The van der Waals surface area contributed by atoms with Crippen molar-refractivity contribution in [2.24, 2.45) is 0 Å². The predicted molar refractivity (Wildman–Crippen MR) is 95.8 cm³/mol. The molecule has 25 heavy (non-hydrogen) atoms. The lowest BCUT2D eigenvalue weighted by atomic mass is 10.0. The van der Waals surface area contributed by atoms with Gasteiger partial charge in [0, 0.05) is 16.6 Å². The smallest absolute Gasteiger partial charge is 0.207 e. The quantitative estimate of drug-likeness (QED) is 0.687. The average molecular weight is 428 g/mol. The molecule has 3 nitrogen and oxygen atoms in total. The molecule has 0 spiro atoms. The molecular formula is C18H16BrF2NO2S. The minimum absolute atomic E-state index is 0.00490. The SMILES string of the molecule is Cc1ccc(S(=O)(=O)N2CC(=C(F)F)CC2c2ccc(Br)cc2)cc1. The van der Waals surface area contributed by atoms with Crippen LogP contribution in [0.2, 0.25) is 0 Å². The number of aryl methyl sites for hydroxylation is 1. The van der Waals surface area contributed by atoms with Crippen LogP contribution < -0.4 is 0 Å². The van der Waals surface area contributed by atoms with Gasteiger partial charge in [-0.05, 0) is 43.2 Å². The summed E-state index contributed by atoms with van der Waals surface area (Å²) in [6.07, 6.45) is -1.81. The molecule has 1 fully saturated rings. The van der Waals surface area contributed by atoms with E-state index >= 15 is 0 Å². The molecule has 1 heterocycles. The van der Waals surface area contributed by atoms with E-state index < -0.39 is 22.1 Å². The number of benzene rings is 2. The van der Waals surface area contributed by atoms with Gasteiger partial charge >= 0.3 is 0 Å². The summed E-state index contributed by atoms with van der Waals surface area (Å²) in [6, 6.07) is 12.8. The van der Waals surface area contributed by atoms with Crippen molar-refractivity contribution in [2.45, 2.75) is 24.3 Å². The van der Waals surface area contributed by atoms with Crippen LogP contribution in [0.1, 0.15) is 23.6 Å². The molecular weight excluding hydrogens is 412 g/mol. The zero-order chi connectivity index (χ0) is 18.2. The van der Waals surface area contributed by atoms with E-state index in [0.29, 0.717) is 5.56 Å². The third kappa shape index (κ3) is 3.68. The van der Waals surface area contributed by atoms with Crippen LogP contribution in [0.25, 0.3) is 0 Å². The Balaban J connectivity index is 2.05. The first-order valence-electron chi connectivity index (χ1n) is 7.66. The van der Waals surface area contributed by atoms with Gasteiger partial charge < -0.3 is 0 Å². The second-order valence-corrected chi connectivity index (χ2v) is 8.80. The molecule has 0 aliphatic carbocycles. The first kappa shape index (κ1) is 18.2. The Hall–Kier alpha value is -1.57. The minimum Gasteiger partial charge on any atom is -0.207 e. The highest BCUT2D eigenvalue weighted by atomic mass is 79.9. The fourth-order valence-electron chi connectivity index (χ4n) is 2.90. The summed E-state index contributed by atoms with van der Waals surface area (Å²) < 4.78 is 54.4. The van der Waals surface area contributed by atoms with E-state index in [1.165, 1.54) is 12.1 Å². The highest BCUT2D eigenvalue weighted by Gasteiger charge is 2.40. The van der Waals surface area contributed by atoms with Crippen LogP contribution in [0.15, 0.2) is 69.6 Å². The Kier molecular flexibility index (Phi) is 5.09. The molecule has 1 aliphatic rings. The van der Waals surface area contributed by atoms with Gasteiger partial charge in [0.15, 0.2) is 0 Å². The maximum absolute atomic E-state index is 13.2. The van der Waals surface area contributed by atoms with Crippen LogP contribution in [0.5, 0.6) is 0 Å². The highest BCUT2D eigenvalue weighted by Crippen LogP contribution is 2.40. The summed E-state index contributed by atoms with van der Waals surface area (Å²) in [5.41, 5.74) is 1.49. The Morgan fingerprint density at radius 1 is 1.08 bits per heavy atom. The van der Waals surface area contributed by atoms with E-state index in [1.54, 1.807) is 36.4 Å². The Morgan fingerprint density at radius 3 is 2.24 bits per heavy atom. The number of sulfonamides is 1. The van der Waals surface area contributed by atoms with E-state index in [2.05, 4.69) is 15.9 Å². The van der Waals surface area contributed by atoms with Gasteiger partial charge in [-0.15, -0.1) is 0 Å². The van der Waals surface area contributed by atoms with Gasteiger partial charge in [-0.3, -0.25) is 0 Å². The molecule has 0 amide bonds. The summed E-state index contributed by atoms with van der Waals surface area (Å²) in [6.45, 7) is 1.56. The molecule has 2 aromatic carbocycles. The number of hydrogen-bond donors (Lipinski definition) is 0. The zero-order valence-corrected chi connectivity index (χ0v) is 15.8. The van der Waals surface area contributed by atoms with E-state index in [1.807, 2.05) is 6.92 Å². The molecule has 0 radical (unpaired) electrons. The van der Waals surface area contributed by atoms with Crippen molar-refractivity contribution >= 4 is 26.0 Å². The predicted octanol–water partition coefficient (Wildman–Crippen LogP) is 5.04. The highest BCUT2D eigenvalue weighted by molar-refractivity contribution is 9.10. The van der Waals surface area contributed by atoms with Crippen molar-refractivity contribution < 1.29 is 17.2 Å². The van der Waals surface area contributed by atoms with Gasteiger partial charge in [0.1, 0.15) is 0 Å². The molecule has 3 rings (SSSR count). The van der Waals surface area contributed by atoms with Gasteiger partial charge in [0.2, 0.25) is 10.0 Å². The third-order valence-electron chi connectivity index (χ3n) is 4.28. The van der Waals surface area contributed by atoms with Crippen LogP contribution in [-0.2, 0) is 10.0 Å². The molecule has 132 valence electrons. The largest absolute Gasteiger partial charge is 0.270 e. The fourth-order valence-corrected chi connectivity index (χ4v) is 4.77. The summed E-state index contributed by atoms with van der Waals surface area (Å²) in [4.78, 5) is 0.112. The van der Waals surface area contributed by atoms with Crippen LogP contribution in [0.3, 0.4) is 0 Å². The molecule has 0 bridgehead atoms. The lowest BCUT2D eigenvalue weighted by Crippen LogP contribution is -2.30. The topological polar surface area (TPSA) is 37.4 Å². The third-order valence-corrected chi connectivity index (χ3v) is 6.68. The first-order chi connectivity index (χ1) is 11.8. The summed E-state index contributed by atoms with van der Waals surface area (Å²) >= 11 is 3.33. The lowest BCUT2D eigenvalue weighted by Gasteiger charge is -2.24. The van der Waals surface area contributed by atoms with Gasteiger partial charge in [0.05, 0.1) is 10.9 Å². The average Bonchev–Trinajstić information content (AvgIpc) is 3.02. The lowest BCUT2D eigenvalue weighted by molar-refractivity contribution is 0.395. The van der Waals surface area contributed by atoms with Gasteiger partial charge in [0.25, 0.3) is 6.08 Å². The fraction of sp³-hybridized carbons (Fsp3) is 0.222. The van der Waals surface area contributed by atoms with Crippen LogP contribution >= 0.6 is 15.9 Å². The molecule has 1 atom stereocenters. The molecule has 0 aromatic heterocycles. The van der Waals surface area contributed by atoms with Crippen LogP contribution in [0.4, 0.5) is 8.78 Å². The monoisotopic (exact) mass is 427 g/mol. The van der Waals surface area contributed by atoms with E-state index in [9.17, 15) is 17.2 Å². The Morgan fingerprint density at radius 2 is 1.68 bits per heavy atom. The van der Waals surface area contributed by atoms with E-state index in [-0.39, 0.29) is 23.4 Å². The van der Waals surface area contributed by atoms with Crippen molar-refractivity contribution in [3.05, 3.63) is 75.8 Å². The molecule has 1 aliphatic heterocycles. The second-order valence-electron chi connectivity index (χ2n) is 6.00. The zero-order valence-electron chi connectivity index (χ0n) is 13.4. The summed E-state index contributed by atoms with van der Waals surface area (Å²) in [5, 5.41) is 0. The Bertz CT molecular complexity index is 905. The molecule has 1 unspecified atom stereocenters. The summed E-state index contributed by atoms with van der Waals surface area (Å²) in [7, 11) is -3.88. The van der Waals surface area contributed by atoms with Gasteiger partial charge in [-0.25, -0.2) is 8.42 Å². The molecule has 1 saturated heterocycles. The molecule has 0 N–H and O–H groups in total. The van der Waals surface area contributed by atoms with Crippen molar-refractivity contribution in [2.75, 3.05) is 6.54 Å². The number of halogens is 3. The summed E-state index contributed by atoms with van der Waals surface area (Å²) in [5.74, 6) is 0. The molecule has 0 saturated carbocycles. The standard InChI is InChI=1S/C18H16BrF2NO2S/c1-12-2-8-16(9-3-12)25(23,24)22-11-14(18(20)21)10-17(22)13-4-6-15(19)7-5-13/h2-9,17H,10-11H2,1H3. The number of rotatable bonds is 3. The van der Waals surface area contributed by atoms with Crippen molar-refractivity contribution in [1.82, 2.24) is 4.31 Å². The van der Waals surface area contributed by atoms with Crippen molar-refractivity contribution in [3.8, 4) is 0 Å². The second kappa shape index (κ2) is 6.97. The maximum Gasteiger partial charge on any atom is 0.270 e. The Labute approximate surface area is 154 Å². The van der Waals surface area contributed by atoms with Crippen LogP contribution in [-0.4, -0.2) is 19.3 Å². The number of nitrogens with zero attached hydrogens (tertiary/aromatic N) is 1. The minimum atomic E-state index is -3.88. The normalized spacial score (nSPS) is 18.6. The van der Waals surface area contributed by atoms with Crippen LogP contribution in [0, 0.1) is 6.92 Å². The van der Waals surface area contributed by atoms with Gasteiger partial charge in [-0.1, -0.05) is 45.8 Å². The number of hydrogen-bond acceptors (Lipinski definition) is 2. The molecule has 7 heteroatoms. The van der Waals surface area contributed by atoms with Gasteiger partial charge in [-0.2, -0.15) is 13.1 Å². The van der Waals surface area contributed by atoms with E-state index in [0.717, 1.165) is 14.3 Å². The van der Waals surface area contributed by atoms with Crippen molar-refractivity contribution in [1.29, 1.82) is 0 Å². The van der Waals surface area contributed by atoms with Crippen molar-refractivity contribution in [3.63, 3.8) is 0 Å². The van der Waals surface area contributed by atoms with E-state index in [4.69, 9.17) is 0 Å².